The van der Waals surface area contributed by atoms with Crippen molar-refractivity contribution in [1.82, 2.24) is 19.5 Å². The molecule has 7 nitrogen and oxygen atoms in total. The summed E-state index contributed by atoms with van der Waals surface area (Å²) >= 11 is 1.38. The van der Waals surface area contributed by atoms with Crippen LogP contribution < -0.4 is 4.74 Å². The van der Waals surface area contributed by atoms with Crippen LogP contribution in [0.4, 0.5) is 0 Å². The van der Waals surface area contributed by atoms with Gasteiger partial charge in [0, 0.05) is 12.1 Å². The number of nitrogens with zero attached hydrogens (tertiary/aromatic N) is 4. The molecule has 8 heteroatoms. The molecule has 1 atom stereocenters. The van der Waals surface area contributed by atoms with Crippen LogP contribution in [0.5, 0.6) is 11.6 Å². The van der Waals surface area contributed by atoms with Gasteiger partial charge in [0.25, 0.3) is 0 Å². The quantitative estimate of drug-likeness (QED) is 0.671. The SMILES string of the molecule is CC(C)Oc1ccccc1C(c1sc2ncnn2c1O)N(C)CCO. The van der Waals surface area contributed by atoms with Gasteiger partial charge < -0.3 is 14.9 Å². The number of aliphatic hydroxyl groups excluding tert-OH is 1. The summed E-state index contributed by atoms with van der Waals surface area (Å²) in [6, 6.07) is 7.48. The standard InChI is InChI=1S/C17H22N4O3S/c1-11(2)24-13-7-5-4-6-12(13)14(20(3)8-9-22)15-16(23)21-17(25-15)18-10-19-21/h4-7,10-11,14,22-23H,8-9H2,1-3H3. The van der Waals surface area contributed by atoms with E-state index in [1.54, 1.807) is 0 Å². The zero-order chi connectivity index (χ0) is 18.0. The normalized spacial score (nSPS) is 13.0. The molecule has 3 aromatic rings. The molecule has 0 spiro atoms. The van der Waals surface area contributed by atoms with Crippen LogP contribution in [0.1, 0.15) is 30.3 Å². The predicted molar refractivity (Wildman–Crippen MR) is 96.3 cm³/mol. The number of hydrogen-bond acceptors (Lipinski definition) is 7. The molecule has 0 bridgehead atoms. The van der Waals surface area contributed by atoms with E-state index in [1.807, 2.05) is 50.1 Å². The minimum Gasteiger partial charge on any atom is -0.492 e. The molecule has 0 fully saturated rings. The molecule has 0 aliphatic rings. The summed E-state index contributed by atoms with van der Waals surface area (Å²) in [5.41, 5.74) is 0.923. The van der Waals surface area contributed by atoms with Crippen molar-refractivity contribution in [3.63, 3.8) is 0 Å². The lowest BCUT2D eigenvalue weighted by atomic mass is 10.0. The summed E-state index contributed by atoms with van der Waals surface area (Å²) in [5.74, 6) is 0.817. The number of aromatic hydroxyl groups is 1. The van der Waals surface area contributed by atoms with Gasteiger partial charge in [-0.3, -0.25) is 4.90 Å². The number of aromatic nitrogens is 3. The second-order valence-corrected chi connectivity index (χ2v) is 7.06. The number of ether oxygens (including phenoxy) is 1. The van der Waals surface area contributed by atoms with E-state index < -0.39 is 0 Å². The Morgan fingerprint density at radius 3 is 2.76 bits per heavy atom. The molecule has 2 aromatic heterocycles. The van der Waals surface area contributed by atoms with Gasteiger partial charge in [-0.2, -0.15) is 9.61 Å². The third-order valence-electron chi connectivity index (χ3n) is 3.86. The van der Waals surface area contributed by atoms with E-state index in [9.17, 15) is 10.2 Å². The number of thiazole rings is 1. The van der Waals surface area contributed by atoms with Gasteiger partial charge in [0.15, 0.2) is 0 Å². The van der Waals surface area contributed by atoms with Crippen molar-refractivity contribution in [3.05, 3.63) is 41.0 Å². The lowest BCUT2D eigenvalue weighted by Crippen LogP contribution is -2.28. The zero-order valence-electron chi connectivity index (χ0n) is 14.5. The number of para-hydroxylation sites is 1. The molecule has 0 saturated carbocycles. The summed E-state index contributed by atoms with van der Waals surface area (Å²) in [6.07, 6.45) is 1.44. The minimum atomic E-state index is -0.282. The van der Waals surface area contributed by atoms with Gasteiger partial charge >= 0.3 is 0 Å². The summed E-state index contributed by atoms with van der Waals surface area (Å²) in [7, 11) is 1.91. The zero-order valence-corrected chi connectivity index (χ0v) is 15.3. The van der Waals surface area contributed by atoms with Crippen LogP contribution in [0.25, 0.3) is 4.96 Å². The Bertz CT molecular complexity index is 845. The van der Waals surface area contributed by atoms with Gasteiger partial charge in [0.05, 0.1) is 23.6 Å². The number of hydrogen-bond donors (Lipinski definition) is 2. The van der Waals surface area contributed by atoms with E-state index in [0.717, 1.165) is 11.3 Å². The van der Waals surface area contributed by atoms with E-state index in [0.29, 0.717) is 16.4 Å². The Balaban J connectivity index is 2.13. The topological polar surface area (TPSA) is 83.1 Å². The van der Waals surface area contributed by atoms with Crippen molar-refractivity contribution in [1.29, 1.82) is 0 Å². The lowest BCUT2D eigenvalue weighted by molar-refractivity contribution is 0.189. The van der Waals surface area contributed by atoms with Gasteiger partial charge in [0.2, 0.25) is 10.8 Å². The average molecular weight is 362 g/mol. The van der Waals surface area contributed by atoms with Gasteiger partial charge in [-0.05, 0) is 27.0 Å². The number of fused-ring (bicyclic) bond motifs is 1. The van der Waals surface area contributed by atoms with Crippen molar-refractivity contribution >= 4 is 16.3 Å². The molecule has 0 amide bonds. The van der Waals surface area contributed by atoms with Crippen LogP contribution in [-0.2, 0) is 0 Å². The monoisotopic (exact) mass is 362 g/mol. The van der Waals surface area contributed by atoms with Gasteiger partial charge in [0.1, 0.15) is 12.1 Å². The third-order valence-corrected chi connectivity index (χ3v) is 4.94. The maximum absolute atomic E-state index is 10.6. The van der Waals surface area contributed by atoms with Crippen LogP contribution in [0.3, 0.4) is 0 Å². The number of likely N-dealkylation sites (N-methyl/N-ethyl adjacent to an activating group) is 1. The van der Waals surface area contributed by atoms with Crippen LogP contribution in [0.2, 0.25) is 0 Å². The Morgan fingerprint density at radius 1 is 1.32 bits per heavy atom. The van der Waals surface area contributed by atoms with Gasteiger partial charge in [-0.15, -0.1) is 0 Å². The second-order valence-electron chi connectivity index (χ2n) is 6.06. The number of rotatable bonds is 7. The summed E-state index contributed by atoms with van der Waals surface area (Å²) in [6.45, 7) is 4.42. The van der Waals surface area contributed by atoms with Crippen molar-refractivity contribution in [3.8, 4) is 11.6 Å². The number of benzene rings is 1. The fraction of sp³-hybridized carbons (Fsp3) is 0.412. The molecule has 1 unspecified atom stereocenters. The highest BCUT2D eigenvalue weighted by molar-refractivity contribution is 7.17. The van der Waals surface area contributed by atoms with Crippen LogP contribution in [0.15, 0.2) is 30.6 Å². The van der Waals surface area contributed by atoms with E-state index in [-0.39, 0.29) is 24.6 Å². The molecule has 0 aliphatic heterocycles. The Kier molecular flexibility index (Phi) is 5.22. The van der Waals surface area contributed by atoms with Crippen molar-refractivity contribution in [2.45, 2.75) is 26.0 Å². The van der Waals surface area contributed by atoms with Crippen LogP contribution in [-0.4, -0.2) is 56.0 Å². The first kappa shape index (κ1) is 17.7. The maximum Gasteiger partial charge on any atom is 0.230 e. The maximum atomic E-state index is 10.6. The first-order chi connectivity index (χ1) is 12.0. The second kappa shape index (κ2) is 7.38. The number of aliphatic hydroxyl groups is 1. The van der Waals surface area contributed by atoms with E-state index in [2.05, 4.69) is 10.1 Å². The largest absolute Gasteiger partial charge is 0.492 e. The third kappa shape index (κ3) is 3.46. The lowest BCUT2D eigenvalue weighted by Gasteiger charge is -2.29. The molecule has 2 N–H and O–H groups in total. The molecular formula is C17H22N4O3S. The fourth-order valence-electron chi connectivity index (χ4n) is 2.81. The van der Waals surface area contributed by atoms with Gasteiger partial charge in [-0.25, -0.2) is 4.98 Å². The van der Waals surface area contributed by atoms with Crippen LogP contribution >= 0.6 is 11.3 Å². The Hall–Kier alpha value is -2.16. The van der Waals surface area contributed by atoms with Crippen molar-refractivity contribution in [2.24, 2.45) is 0 Å². The minimum absolute atomic E-state index is 0.0156. The first-order valence-corrected chi connectivity index (χ1v) is 8.92. The molecular weight excluding hydrogens is 340 g/mol. The molecule has 25 heavy (non-hydrogen) atoms. The Labute approximate surface area is 150 Å². The smallest absolute Gasteiger partial charge is 0.230 e. The van der Waals surface area contributed by atoms with E-state index >= 15 is 0 Å². The molecule has 0 radical (unpaired) electrons. The highest BCUT2D eigenvalue weighted by atomic mass is 32.1. The fourth-order valence-corrected chi connectivity index (χ4v) is 3.92. The van der Waals surface area contributed by atoms with E-state index in [4.69, 9.17) is 4.74 Å². The summed E-state index contributed by atoms with van der Waals surface area (Å²) < 4.78 is 7.39. The van der Waals surface area contributed by atoms with E-state index in [1.165, 1.54) is 22.2 Å². The van der Waals surface area contributed by atoms with Crippen molar-refractivity contribution < 1.29 is 14.9 Å². The molecule has 3 rings (SSSR count). The molecule has 0 aliphatic carbocycles. The Morgan fingerprint density at radius 2 is 2.08 bits per heavy atom. The van der Waals surface area contributed by atoms with Gasteiger partial charge in [-0.1, -0.05) is 29.5 Å². The van der Waals surface area contributed by atoms with Crippen molar-refractivity contribution in [2.75, 3.05) is 20.2 Å². The highest BCUT2D eigenvalue weighted by Crippen LogP contribution is 2.42. The summed E-state index contributed by atoms with van der Waals surface area (Å²) in [4.78, 5) is 7.48. The molecule has 1 aromatic carbocycles. The average Bonchev–Trinajstić information content (AvgIpc) is 3.13. The first-order valence-electron chi connectivity index (χ1n) is 8.11. The van der Waals surface area contributed by atoms with Crippen LogP contribution in [0, 0.1) is 0 Å². The highest BCUT2D eigenvalue weighted by Gasteiger charge is 2.29. The summed E-state index contributed by atoms with van der Waals surface area (Å²) in [5, 5.41) is 24.1. The molecule has 0 saturated heterocycles. The molecule has 2 heterocycles. The predicted octanol–water partition coefficient (Wildman–Crippen LogP) is 2.30. The molecule has 134 valence electrons.